The molecule has 0 radical (unpaired) electrons. The second-order valence-electron chi connectivity index (χ2n) is 5.84. The molecule has 1 amide bonds. The van der Waals surface area contributed by atoms with E-state index in [0.717, 1.165) is 21.9 Å². The van der Waals surface area contributed by atoms with Gasteiger partial charge in [0.2, 0.25) is 15.9 Å². The van der Waals surface area contributed by atoms with Crippen molar-refractivity contribution in [3.63, 3.8) is 0 Å². The first-order chi connectivity index (χ1) is 13.1. The number of sulfonamides is 1. The van der Waals surface area contributed by atoms with Gasteiger partial charge in [-0.15, -0.1) is 0 Å². The van der Waals surface area contributed by atoms with Gasteiger partial charge in [0.1, 0.15) is 12.3 Å². The number of hydrogen-bond acceptors (Lipinski definition) is 4. The van der Waals surface area contributed by atoms with Crippen LogP contribution in [-0.2, 0) is 21.4 Å². The van der Waals surface area contributed by atoms with Crippen LogP contribution in [0.4, 0.5) is 5.69 Å². The Bertz CT molecular complexity index is 950. The highest BCUT2D eigenvalue weighted by molar-refractivity contribution is 7.92. The number of hydrogen-bond donors (Lipinski definition) is 1. The van der Waals surface area contributed by atoms with Crippen LogP contribution >= 0.6 is 34.8 Å². The van der Waals surface area contributed by atoms with E-state index in [0.29, 0.717) is 6.61 Å². The summed E-state index contributed by atoms with van der Waals surface area (Å²) in [5, 5.41) is 3.06. The summed E-state index contributed by atoms with van der Waals surface area (Å²) in [5.41, 5.74) is 0.921. The Morgan fingerprint density at radius 2 is 1.68 bits per heavy atom. The van der Waals surface area contributed by atoms with Crippen molar-refractivity contribution in [2.75, 3.05) is 23.7 Å². The summed E-state index contributed by atoms with van der Waals surface area (Å²) in [7, 11) is -3.79. The zero-order chi connectivity index (χ0) is 20.9. The third kappa shape index (κ3) is 6.17. The number of nitrogens with one attached hydrogen (secondary N) is 1. The lowest BCUT2D eigenvalue weighted by atomic mass is 10.2. The van der Waals surface area contributed by atoms with Gasteiger partial charge in [-0.05, 0) is 36.8 Å². The van der Waals surface area contributed by atoms with E-state index in [1.807, 2.05) is 19.1 Å². The fraction of sp³-hybridized carbons (Fsp3) is 0.278. The predicted molar refractivity (Wildman–Crippen MR) is 113 cm³/mol. The third-order valence-electron chi connectivity index (χ3n) is 3.67. The van der Waals surface area contributed by atoms with E-state index >= 15 is 0 Å². The van der Waals surface area contributed by atoms with Crippen LogP contribution in [0.5, 0.6) is 5.75 Å². The molecule has 0 aliphatic rings. The van der Waals surface area contributed by atoms with Gasteiger partial charge < -0.3 is 10.1 Å². The summed E-state index contributed by atoms with van der Waals surface area (Å²) in [5.74, 6) is 0.233. The number of amides is 1. The van der Waals surface area contributed by atoms with Crippen molar-refractivity contribution in [2.24, 2.45) is 0 Å². The maximum Gasteiger partial charge on any atom is 0.241 e. The number of rotatable bonds is 8. The number of nitrogens with zero attached hydrogens (tertiary/aromatic N) is 1. The van der Waals surface area contributed by atoms with Crippen LogP contribution in [0.2, 0.25) is 15.1 Å². The lowest BCUT2D eigenvalue weighted by Crippen LogP contribution is -2.40. The summed E-state index contributed by atoms with van der Waals surface area (Å²) in [4.78, 5) is 12.3. The van der Waals surface area contributed by atoms with Gasteiger partial charge in [0.15, 0.2) is 0 Å². The first-order valence-electron chi connectivity index (χ1n) is 8.22. The fourth-order valence-electron chi connectivity index (χ4n) is 2.34. The van der Waals surface area contributed by atoms with Crippen LogP contribution in [0, 0.1) is 0 Å². The quantitative estimate of drug-likeness (QED) is 0.595. The highest BCUT2D eigenvalue weighted by atomic mass is 35.5. The first-order valence-corrected chi connectivity index (χ1v) is 11.2. The van der Waals surface area contributed by atoms with Crippen LogP contribution in [0.1, 0.15) is 12.5 Å². The second kappa shape index (κ2) is 9.69. The lowest BCUT2D eigenvalue weighted by molar-refractivity contribution is -0.119. The Kier molecular flexibility index (Phi) is 7.83. The van der Waals surface area contributed by atoms with Crippen molar-refractivity contribution in [3.05, 3.63) is 57.0 Å². The molecule has 0 aliphatic carbocycles. The molecule has 0 saturated carbocycles. The fourth-order valence-corrected chi connectivity index (χ4v) is 3.89. The molecule has 152 valence electrons. The molecule has 0 heterocycles. The highest BCUT2D eigenvalue weighted by Crippen LogP contribution is 2.35. The number of carbonyl (C=O) groups is 1. The van der Waals surface area contributed by atoms with E-state index in [2.05, 4.69) is 5.32 Å². The molecule has 0 aromatic heterocycles. The summed E-state index contributed by atoms with van der Waals surface area (Å²) in [6, 6.07) is 9.86. The largest absolute Gasteiger partial charge is 0.494 e. The Morgan fingerprint density at radius 3 is 2.25 bits per heavy atom. The maximum absolute atomic E-state index is 12.3. The highest BCUT2D eigenvalue weighted by Gasteiger charge is 2.24. The molecule has 0 aliphatic heterocycles. The van der Waals surface area contributed by atoms with Crippen molar-refractivity contribution < 1.29 is 17.9 Å². The van der Waals surface area contributed by atoms with Gasteiger partial charge in [-0.1, -0.05) is 46.9 Å². The maximum atomic E-state index is 12.3. The van der Waals surface area contributed by atoms with E-state index in [-0.39, 0.29) is 27.3 Å². The standard InChI is InChI=1S/C18H19Cl3N2O4S/c1-3-27-13-6-4-12(5-7-13)10-22-18(24)11-23(28(2,25)26)17-9-15(20)14(19)8-16(17)21/h4-9H,3,10-11H2,1-2H3,(H,22,24). The van der Waals surface area contributed by atoms with Crippen LogP contribution < -0.4 is 14.4 Å². The second-order valence-corrected chi connectivity index (χ2v) is 8.97. The lowest BCUT2D eigenvalue weighted by Gasteiger charge is -2.23. The molecule has 28 heavy (non-hydrogen) atoms. The molecule has 0 spiro atoms. The zero-order valence-corrected chi connectivity index (χ0v) is 18.3. The topological polar surface area (TPSA) is 75.7 Å². The van der Waals surface area contributed by atoms with Crippen molar-refractivity contribution >= 4 is 56.4 Å². The molecule has 6 nitrogen and oxygen atoms in total. The molecule has 0 bridgehead atoms. The van der Waals surface area contributed by atoms with Crippen molar-refractivity contribution in [1.82, 2.24) is 5.32 Å². The average molecular weight is 466 g/mol. The Balaban J connectivity index is 2.11. The molecular weight excluding hydrogens is 447 g/mol. The average Bonchev–Trinajstić information content (AvgIpc) is 2.62. The number of ether oxygens (including phenoxy) is 1. The van der Waals surface area contributed by atoms with Gasteiger partial charge in [0, 0.05) is 6.54 Å². The predicted octanol–water partition coefficient (Wildman–Crippen LogP) is 4.13. The van der Waals surface area contributed by atoms with Gasteiger partial charge in [0.25, 0.3) is 0 Å². The normalized spacial score (nSPS) is 11.2. The van der Waals surface area contributed by atoms with Crippen molar-refractivity contribution in [2.45, 2.75) is 13.5 Å². The summed E-state index contributed by atoms with van der Waals surface area (Å²) >= 11 is 18.0. The number of anilines is 1. The van der Waals surface area contributed by atoms with Gasteiger partial charge in [-0.3, -0.25) is 9.10 Å². The molecule has 0 unspecified atom stereocenters. The van der Waals surface area contributed by atoms with Gasteiger partial charge in [0.05, 0.1) is 33.6 Å². The Hall–Kier alpha value is -1.67. The summed E-state index contributed by atoms with van der Waals surface area (Å²) in [6.07, 6.45) is 0.978. The molecule has 1 N–H and O–H groups in total. The van der Waals surface area contributed by atoms with Gasteiger partial charge in [-0.2, -0.15) is 0 Å². The molecule has 2 aromatic carbocycles. The van der Waals surface area contributed by atoms with E-state index in [9.17, 15) is 13.2 Å². The van der Waals surface area contributed by atoms with Crippen LogP contribution in [-0.4, -0.2) is 33.7 Å². The van der Waals surface area contributed by atoms with Gasteiger partial charge >= 0.3 is 0 Å². The zero-order valence-electron chi connectivity index (χ0n) is 15.2. The van der Waals surface area contributed by atoms with Crippen molar-refractivity contribution in [1.29, 1.82) is 0 Å². The summed E-state index contributed by atoms with van der Waals surface area (Å²) < 4.78 is 30.6. The minimum Gasteiger partial charge on any atom is -0.494 e. The molecule has 10 heteroatoms. The molecule has 2 aromatic rings. The number of benzene rings is 2. The Labute approximate surface area is 179 Å². The van der Waals surface area contributed by atoms with E-state index in [4.69, 9.17) is 39.5 Å². The Morgan fingerprint density at radius 1 is 1.07 bits per heavy atom. The number of halogens is 3. The van der Waals surface area contributed by atoms with E-state index in [1.54, 1.807) is 12.1 Å². The monoisotopic (exact) mass is 464 g/mol. The smallest absolute Gasteiger partial charge is 0.241 e. The van der Waals surface area contributed by atoms with Crippen LogP contribution in [0.25, 0.3) is 0 Å². The van der Waals surface area contributed by atoms with Gasteiger partial charge in [-0.25, -0.2) is 8.42 Å². The number of carbonyl (C=O) groups excluding carboxylic acids is 1. The minimum atomic E-state index is -3.79. The minimum absolute atomic E-state index is 0.0686. The third-order valence-corrected chi connectivity index (χ3v) is 5.82. The molecule has 0 saturated heterocycles. The summed E-state index contributed by atoms with van der Waals surface area (Å²) in [6.45, 7) is 2.24. The van der Waals surface area contributed by atoms with Crippen molar-refractivity contribution in [3.8, 4) is 5.75 Å². The van der Waals surface area contributed by atoms with Crippen LogP contribution in [0.3, 0.4) is 0 Å². The molecule has 2 rings (SSSR count). The SMILES string of the molecule is CCOc1ccc(CNC(=O)CN(c2cc(Cl)c(Cl)cc2Cl)S(C)(=O)=O)cc1. The molecule has 0 fully saturated rings. The van der Waals surface area contributed by atoms with Crippen LogP contribution in [0.15, 0.2) is 36.4 Å². The van der Waals surface area contributed by atoms with E-state index < -0.39 is 22.5 Å². The molecule has 0 atom stereocenters. The molecular formula is C18H19Cl3N2O4S. The first kappa shape index (κ1) is 22.6. The van der Waals surface area contributed by atoms with E-state index in [1.165, 1.54) is 12.1 Å².